The maximum absolute atomic E-state index is 14.0. The van der Waals surface area contributed by atoms with Crippen LogP contribution in [0.25, 0.3) is 0 Å². The van der Waals surface area contributed by atoms with Crippen LogP contribution in [0.15, 0.2) is 30.3 Å². The number of hydrogen-bond acceptors (Lipinski definition) is 2. The molecule has 0 spiro atoms. The van der Waals surface area contributed by atoms with Crippen molar-refractivity contribution in [3.05, 3.63) is 35.9 Å². The molecule has 2 heterocycles. The minimum Gasteiger partial charge on any atom is -0.316 e. The molecule has 2 saturated heterocycles. The Balaban J connectivity index is 1.70. The van der Waals surface area contributed by atoms with E-state index in [1.54, 1.807) is 0 Å². The van der Waals surface area contributed by atoms with Crippen molar-refractivity contribution in [2.24, 2.45) is 11.8 Å². The van der Waals surface area contributed by atoms with Crippen molar-refractivity contribution in [2.45, 2.75) is 12.5 Å². The summed E-state index contributed by atoms with van der Waals surface area (Å²) in [5, 5.41) is 3.12. The van der Waals surface area contributed by atoms with Crippen molar-refractivity contribution in [3.63, 3.8) is 0 Å². The smallest absolute Gasteiger partial charge is 0.258 e. The van der Waals surface area contributed by atoms with E-state index in [1.807, 2.05) is 18.2 Å². The maximum atomic E-state index is 14.0. The van der Waals surface area contributed by atoms with Crippen LogP contribution in [0.5, 0.6) is 0 Å². The van der Waals surface area contributed by atoms with Crippen molar-refractivity contribution in [1.82, 2.24) is 10.2 Å². The average molecular weight is 252 g/mol. The lowest BCUT2D eigenvalue weighted by molar-refractivity contribution is -0.164. The van der Waals surface area contributed by atoms with E-state index in [9.17, 15) is 8.78 Å². The summed E-state index contributed by atoms with van der Waals surface area (Å²) < 4.78 is 27.9. The van der Waals surface area contributed by atoms with Crippen LogP contribution in [0.4, 0.5) is 8.78 Å². The zero-order valence-electron chi connectivity index (χ0n) is 10.3. The Bertz CT molecular complexity index is 392. The first-order valence-corrected chi connectivity index (χ1v) is 6.51. The molecule has 4 heteroatoms. The summed E-state index contributed by atoms with van der Waals surface area (Å²) >= 11 is 0. The van der Waals surface area contributed by atoms with Crippen LogP contribution in [-0.2, 0) is 6.54 Å². The Morgan fingerprint density at radius 2 is 1.72 bits per heavy atom. The largest absolute Gasteiger partial charge is 0.316 e. The summed E-state index contributed by atoms with van der Waals surface area (Å²) in [6, 6.07) is 10.1. The van der Waals surface area contributed by atoms with Gasteiger partial charge in [-0.3, -0.25) is 4.90 Å². The monoisotopic (exact) mass is 252 g/mol. The predicted octanol–water partition coefficient (Wildman–Crippen LogP) is 1.97. The highest BCUT2D eigenvalue weighted by atomic mass is 19.3. The molecular formula is C14H18F2N2. The first kappa shape index (κ1) is 12.1. The standard InChI is InChI=1S/C14H18F2N2/c15-14(16)12-6-17-7-13(14)10-18(9-12)8-11-4-2-1-3-5-11/h1-5,12-13,17H,6-10H2/t12-,13-/m0/s1. The van der Waals surface area contributed by atoms with E-state index in [2.05, 4.69) is 22.3 Å². The van der Waals surface area contributed by atoms with Gasteiger partial charge >= 0.3 is 0 Å². The summed E-state index contributed by atoms with van der Waals surface area (Å²) in [5.41, 5.74) is 1.20. The van der Waals surface area contributed by atoms with E-state index in [0.29, 0.717) is 26.2 Å². The van der Waals surface area contributed by atoms with Crippen LogP contribution in [-0.4, -0.2) is 37.0 Å². The summed E-state index contributed by atoms with van der Waals surface area (Å²) in [6.07, 6.45) is 0. The second-order valence-electron chi connectivity index (χ2n) is 5.41. The number of likely N-dealkylation sites (tertiary alicyclic amines) is 1. The van der Waals surface area contributed by atoms with Gasteiger partial charge in [-0.15, -0.1) is 0 Å². The normalized spacial score (nSPS) is 31.2. The molecule has 98 valence electrons. The van der Waals surface area contributed by atoms with Gasteiger partial charge in [-0.05, 0) is 5.56 Å². The maximum Gasteiger partial charge on any atom is 0.258 e. The number of fused-ring (bicyclic) bond motifs is 2. The highest BCUT2D eigenvalue weighted by molar-refractivity contribution is 5.15. The lowest BCUT2D eigenvalue weighted by atomic mass is 9.81. The van der Waals surface area contributed by atoms with E-state index in [0.717, 1.165) is 6.54 Å². The minimum absolute atomic E-state index is 0.439. The third-order valence-corrected chi connectivity index (χ3v) is 4.08. The quantitative estimate of drug-likeness (QED) is 0.865. The van der Waals surface area contributed by atoms with Gasteiger partial charge < -0.3 is 5.32 Å². The van der Waals surface area contributed by atoms with E-state index >= 15 is 0 Å². The Kier molecular flexibility index (Phi) is 3.08. The summed E-state index contributed by atoms with van der Waals surface area (Å²) in [6.45, 7) is 2.64. The third kappa shape index (κ3) is 2.15. The molecule has 2 atom stereocenters. The van der Waals surface area contributed by atoms with E-state index in [1.165, 1.54) is 5.56 Å². The highest BCUT2D eigenvalue weighted by Gasteiger charge is 2.53. The van der Waals surface area contributed by atoms with Gasteiger partial charge in [-0.2, -0.15) is 0 Å². The zero-order chi connectivity index (χ0) is 12.6. The molecule has 0 aliphatic carbocycles. The lowest BCUT2D eigenvalue weighted by Gasteiger charge is -2.47. The molecule has 1 aromatic rings. The van der Waals surface area contributed by atoms with Crippen LogP contribution in [0.1, 0.15) is 5.56 Å². The number of nitrogens with zero attached hydrogens (tertiary/aromatic N) is 1. The predicted molar refractivity (Wildman–Crippen MR) is 66.5 cm³/mol. The van der Waals surface area contributed by atoms with Gasteiger partial charge in [-0.1, -0.05) is 30.3 Å². The second-order valence-corrected chi connectivity index (χ2v) is 5.41. The number of halogens is 2. The van der Waals surface area contributed by atoms with Gasteiger partial charge in [0.1, 0.15) is 0 Å². The van der Waals surface area contributed by atoms with Crippen LogP contribution in [0.3, 0.4) is 0 Å². The fourth-order valence-electron chi connectivity index (χ4n) is 3.08. The molecule has 2 bridgehead atoms. The molecule has 0 aromatic heterocycles. The Morgan fingerprint density at radius 1 is 1.11 bits per heavy atom. The Morgan fingerprint density at radius 3 is 2.33 bits per heavy atom. The van der Waals surface area contributed by atoms with Crippen molar-refractivity contribution in [1.29, 1.82) is 0 Å². The Hall–Kier alpha value is -1.00. The molecule has 0 unspecified atom stereocenters. The van der Waals surface area contributed by atoms with Gasteiger partial charge in [0.15, 0.2) is 0 Å². The summed E-state index contributed by atoms with van der Waals surface area (Å²) in [5.74, 6) is -3.55. The minimum atomic E-state index is -2.49. The number of piperidine rings is 2. The van der Waals surface area contributed by atoms with E-state index in [4.69, 9.17) is 0 Å². The molecule has 2 fully saturated rings. The van der Waals surface area contributed by atoms with Crippen molar-refractivity contribution < 1.29 is 8.78 Å². The van der Waals surface area contributed by atoms with Gasteiger partial charge in [0.05, 0.1) is 0 Å². The summed E-state index contributed by atoms with van der Waals surface area (Å²) in [7, 11) is 0. The molecule has 18 heavy (non-hydrogen) atoms. The second kappa shape index (κ2) is 4.59. The van der Waals surface area contributed by atoms with Crippen molar-refractivity contribution >= 4 is 0 Å². The first-order valence-electron chi connectivity index (χ1n) is 6.51. The molecular weight excluding hydrogens is 234 g/mol. The number of alkyl halides is 2. The SMILES string of the molecule is FC1(F)[C@H]2CNC[C@H]1CN(Cc1ccccc1)C2. The van der Waals surface area contributed by atoms with Gasteiger partial charge in [0, 0.05) is 44.6 Å². The fraction of sp³-hybridized carbons (Fsp3) is 0.571. The van der Waals surface area contributed by atoms with Crippen molar-refractivity contribution in [3.8, 4) is 0 Å². The molecule has 1 N–H and O–H groups in total. The van der Waals surface area contributed by atoms with Gasteiger partial charge in [-0.25, -0.2) is 8.78 Å². The molecule has 3 rings (SSSR count). The van der Waals surface area contributed by atoms with E-state index in [-0.39, 0.29) is 0 Å². The number of rotatable bonds is 2. The average Bonchev–Trinajstić information content (AvgIpc) is 2.31. The molecule has 2 nitrogen and oxygen atoms in total. The molecule has 0 radical (unpaired) electrons. The van der Waals surface area contributed by atoms with Gasteiger partial charge in [0.25, 0.3) is 5.92 Å². The Labute approximate surface area is 106 Å². The lowest BCUT2D eigenvalue weighted by Crippen LogP contribution is -2.62. The summed E-state index contributed by atoms with van der Waals surface area (Å²) in [4.78, 5) is 2.17. The van der Waals surface area contributed by atoms with Crippen LogP contribution < -0.4 is 5.32 Å². The highest BCUT2D eigenvalue weighted by Crippen LogP contribution is 2.40. The number of nitrogens with one attached hydrogen (secondary N) is 1. The number of benzene rings is 1. The van der Waals surface area contributed by atoms with E-state index < -0.39 is 17.8 Å². The molecule has 1 aromatic carbocycles. The molecule has 0 amide bonds. The van der Waals surface area contributed by atoms with Gasteiger partial charge in [0.2, 0.25) is 0 Å². The fourth-order valence-corrected chi connectivity index (χ4v) is 3.08. The van der Waals surface area contributed by atoms with Crippen LogP contribution >= 0.6 is 0 Å². The zero-order valence-corrected chi connectivity index (χ0v) is 10.3. The van der Waals surface area contributed by atoms with Crippen molar-refractivity contribution in [2.75, 3.05) is 26.2 Å². The van der Waals surface area contributed by atoms with Crippen LogP contribution in [0.2, 0.25) is 0 Å². The third-order valence-electron chi connectivity index (χ3n) is 4.08. The number of hydrogen-bond donors (Lipinski definition) is 1. The first-order chi connectivity index (χ1) is 8.66. The molecule has 0 saturated carbocycles. The topological polar surface area (TPSA) is 15.3 Å². The molecule has 2 aliphatic heterocycles. The molecule has 2 aliphatic rings. The van der Waals surface area contributed by atoms with Crippen LogP contribution in [0, 0.1) is 11.8 Å².